The van der Waals surface area contributed by atoms with E-state index in [9.17, 15) is 0 Å². The van der Waals surface area contributed by atoms with Gasteiger partial charge in [-0.3, -0.25) is 0 Å². The largest absolute Gasteiger partial charge is 0.372 e. The van der Waals surface area contributed by atoms with E-state index in [-0.39, 0.29) is 0 Å². The summed E-state index contributed by atoms with van der Waals surface area (Å²) in [5.74, 6) is 1.16. The van der Waals surface area contributed by atoms with Crippen LogP contribution in [0.4, 0.5) is 23.1 Å². The standard InChI is InChI=1S/C21H26N6/c1-4-27(5-2)19-11-9-18(10-12-19)24-21-25-20(15-23-26-21)22-14-17-8-6-7-16(3)13-17/h6-13,15H,4-5,14H2,1-3H3,(H2,22,24,25,26). The molecular weight excluding hydrogens is 336 g/mol. The fraction of sp³-hybridized carbons (Fsp3) is 0.286. The van der Waals surface area contributed by atoms with E-state index in [1.165, 1.54) is 16.8 Å². The molecule has 2 aromatic carbocycles. The van der Waals surface area contributed by atoms with Gasteiger partial charge in [-0.2, -0.15) is 10.1 Å². The summed E-state index contributed by atoms with van der Waals surface area (Å²) in [5.41, 5.74) is 4.59. The summed E-state index contributed by atoms with van der Waals surface area (Å²) >= 11 is 0. The first-order valence-electron chi connectivity index (χ1n) is 9.29. The number of rotatable bonds is 8. The summed E-state index contributed by atoms with van der Waals surface area (Å²) in [4.78, 5) is 6.79. The van der Waals surface area contributed by atoms with Crippen LogP contribution in [0.15, 0.2) is 54.7 Å². The third-order valence-corrected chi connectivity index (χ3v) is 4.37. The van der Waals surface area contributed by atoms with Crippen molar-refractivity contribution in [1.82, 2.24) is 15.2 Å². The zero-order valence-electron chi connectivity index (χ0n) is 16.1. The highest BCUT2D eigenvalue weighted by Crippen LogP contribution is 2.20. The van der Waals surface area contributed by atoms with Gasteiger partial charge in [-0.1, -0.05) is 29.8 Å². The maximum Gasteiger partial charge on any atom is 0.249 e. The Balaban J connectivity index is 1.63. The minimum absolute atomic E-state index is 0.472. The summed E-state index contributed by atoms with van der Waals surface area (Å²) in [6, 6.07) is 16.6. The van der Waals surface area contributed by atoms with Crippen molar-refractivity contribution < 1.29 is 0 Å². The monoisotopic (exact) mass is 362 g/mol. The molecule has 0 saturated heterocycles. The van der Waals surface area contributed by atoms with Gasteiger partial charge in [0.2, 0.25) is 5.95 Å². The van der Waals surface area contributed by atoms with Gasteiger partial charge >= 0.3 is 0 Å². The van der Waals surface area contributed by atoms with Gasteiger partial charge in [0.05, 0.1) is 6.20 Å². The number of anilines is 4. The lowest BCUT2D eigenvalue weighted by atomic mass is 10.1. The summed E-state index contributed by atoms with van der Waals surface area (Å²) in [6.45, 7) is 9.08. The fourth-order valence-electron chi connectivity index (χ4n) is 2.93. The average molecular weight is 362 g/mol. The van der Waals surface area contributed by atoms with Crippen LogP contribution in [0.2, 0.25) is 0 Å². The Bertz CT molecular complexity index is 859. The Morgan fingerprint density at radius 2 is 1.78 bits per heavy atom. The van der Waals surface area contributed by atoms with Gasteiger partial charge in [-0.05, 0) is 50.6 Å². The van der Waals surface area contributed by atoms with Crippen molar-refractivity contribution in [2.75, 3.05) is 28.6 Å². The van der Waals surface area contributed by atoms with Crippen molar-refractivity contribution in [1.29, 1.82) is 0 Å². The molecule has 0 amide bonds. The van der Waals surface area contributed by atoms with Crippen LogP contribution in [0.3, 0.4) is 0 Å². The molecule has 6 heteroatoms. The van der Waals surface area contributed by atoms with Crippen molar-refractivity contribution in [3.63, 3.8) is 0 Å². The van der Waals surface area contributed by atoms with E-state index >= 15 is 0 Å². The zero-order chi connectivity index (χ0) is 19.1. The van der Waals surface area contributed by atoms with Gasteiger partial charge in [0, 0.05) is 31.0 Å². The highest BCUT2D eigenvalue weighted by molar-refractivity contribution is 5.59. The van der Waals surface area contributed by atoms with Crippen LogP contribution in [-0.2, 0) is 6.54 Å². The first-order valence-corrected chi connectivity index (χ1v) is 9.29. The first-order chi connectivity index (χ1) is 13.2. The maximum absolute atomic E-state index is 4.49. The van der Waals surface area contributed by atoms with Crippen molar-refractivity contribution in [3.05, 3.63) is 65.9 Å². The summed E-state index contributed by atoms with van der Waals surface area (Å²) < 4.78 is 0. The van der Waals surface area contributed by atoms with Crippen LogP contribution < -0.4 is 15.5 Å². The molecule has 0 unspecified atom stereocenters. The Hall–Kier alpha value is -3.15. The lowest BCUT2D eigenvalue weighted by Crippen LogP contribution is -2.21. The molecule has 0 aliphatic rings. The normalized spacial score (nSPS) is 10.5. The molecule has 2 N–H and O–H groups in total. The van der Waals surface area contributed by atoms with Crippen molar-refractivity contribution >= 4 is 23.1 Å². The molecule has 140 valence electrons. The van der Waals surface area contributed by atoms with E-state index in [2.05, 4.69) is 87.9 Å². The van der Waals surface area contributed by atoms with Crippen LogP contribution in [0.25, 0.3) is 0 Å². The predicted octanol–water partition coefficient (Wildman–Crippen LogP) is 4.38. The van der Waals surface area contributed by atoms with Gasteiger partial charge < -0.3 is 15.5 Å². The molecule has 0 radical (unpaired) electrons. The Morgan fingerprint density at radius 1 is 1.00 bits per heavy atom. The third-order valence-electron chi connectivity index (χ3n) is 4.37. The van der Waals surface area contributed by atoms with Crippen LogP contribution in [0.1, 0.15) is 25.0 Å². The van der Waals surface area contributed by atoms with Gasteiger partial charge in [-0.25, -0.2) is 0 Å². The molecule has 3 rings (SSSR count). The molecule has 0 fully saturated rings. The minimum atomic E-state index is 0.472. The highest BCUT2D eigenvalue weighted by Gasteiger charge is 2.04. The second kappa shape index (κ2) is 8.98. The SMILES string of the molecule is CCN(CC)c1ccc(Nc2nncc(NCc3cccc(C)c3)n2)cc1. The molecule has 0 saturated carbocycles. The van der Waals surface area contributed by atoms with E-state index in [1.807, 2.05) is 12.1 Å². The topological polar surface area (TPSA) is 66.0 Å². The van der Waals surface area contributed by atoms with Gasteiger partial charge in [0.15, 0.2) is 5.82 Å². The Labute approximate surface area is 160 Å². The molecule has 1 aromatic heterocycles. The van der Waals surface area contributed by atoms with Crippen LogP contribution in [-0.4, -0.2) is 28.3 Å². The molecule has 0 spiro atoms. The number of hydrogen-bond donors (Lipinski definition) is 2. The molecule has 0 aliphatic heterocycles. The van der Waals surface area contributed by atoms with Crippen LogP contribution >= 0.6 is 0 Å². The fourth-order valence-corrected chi connectivity index (χ4v) is 2.93. The van der Waals surface area contributed by atoms with Crippen molar-refractivity contribution in [2.45, 2.75) is 27.3 Å². The van der Waals surface area contributed by atoms with E-state index in [4.69, 9.17) is 0 Å². The summed E-state index contributed by atoms with van der Waals surface area (Å²) in [7, 11) is 0. The number of hydrogen-bond acceptors (Lipinski definition) is 6. The number of nitrogens with one attached hydrogen (secondary N) is 2. The van der Waals surface area contributed by atoms with Gasteiger partial charge in [-0.15, -0.1) is 5.10 Å². The van der Waals surface area contributed by atoms with Gasteiger partial charge in [0.25, 0.3) is 0 Å². The summed E-state index contributed by atoms with van der Waals surface area (Å²) in [6.07, 6.45) is 1.63. The van der Waals surface area contributed by atoms with Crippen LogP contribution in [0, 0.1) is 6.92 Å². The molecule has 27 heavy (non-hydrogen) atoms. The summed E-state index contributed by atoms with van der Waals surface area (Å²) in [5, 5.41) is 14.6. The Morgan fingerprint density at radius 3 is 2.48 bits per heavy atom. The average Bonchev–Trinajstić information content (AvgIpc) is 2.69. The molecule has 0 bridgehead atoms. The lowest BCUT2D eigenvalue weighted by Gasteiger charge is -2.21. The number of benzene rings is 2. The molecule has 1 heterocycles. The van der Waals surface area contributed by atoms with Crippen LogP contribution in [0.5, 0.6) is 0 Å². The van der Waals surface area contributed by atoms with Crippen molar-refractivity contribution in [2.24, 2.45) is 0 Å². The van der Waals surface area contributed by atoms with Crippen molar-refractivity contribution in [3.8, 4) is 0 Å². The minimum Gasteiger partial charge on any atom is -0.372 e. The molecular formula is C21H26N6. The number of nitrogens with zero attached hydrogens (tertiary/aromatic N) is 4. The van der Waals surface area contributed by atoms with E-state index in [0.717, 1.165) is 18.8 Å². The third kappa shape index (κ3) is 5.17. The molecule has 3 aromatic rings. The second-order valence-corrected chi connectivity index (χ2v) is 6.35. The quantitative estimate of drug-likeness (QED) is 0.620. The van der Waals surface area contributed by atoms with E-state index in [1.54, 1.807) is 6.20 Å². The lowest BCUT2D eigenvalue weighted by molar-refractivity contribution is 0.866. The van der Waals surface area contributed by atoms with Gasteiger partial charge in [0.1, 0.15) is 0 Å². The molecule has 0 aliphatic carbocycles. The van der Waals surface area contributed by atoms with E-state index in [0.29, 0.717) is 18.3 Å². The molecule has 6 nitrogen and oxygen atoms in total. The maximum atomic E-state index is 4.49. The van der Waals surface area contributed by atoms with E-state index < -0.39 is 0 Å². The number of aryl methyl sites for hydroxylation is 1. The number of aromatic nitrogens is 3. The second-order valence-electron chi connectivity index (χ2n) is 6.35. The smallest absolute Gasteiger partial charge is 0.249 e. The zero-order valence-corrected chi connectivity index (χ0v) is 16.1. The first kappa shape index (κ1) is 18.6. The Kier molecular flexibility index (Phi) is 6.20. The molecule has 0 atom stereocenters. The predicted molar refractivity (Wildman–Crippen MR) is 112 cm³/mol. The highest BCUT2D eigenvalue weighted by atomic mass is 15.3.